The zero-order chi connectivity index (χ0) is 15.4. The Morgan fingerprint density at radius 2 is 1.95 bits per heavy atom. The molecule has 110 valence electrons. The molecule has 0 bridgehead atoms. The maximum absolute atomic E-state index is 12.3. The average molecular weight is 323 g/mol. The molecule has 0 fully saturated rings. The van der Waals surface area contributed by atoms with E-state index in [2.05, 4.69) is 5.32 Å². The van der Waals surface area contributed by atoms with Crippen LogP contribution in [0.1, 0.15) is 35.3 Å². The highest BCUT2D eigenvalue weighted by atomic mass is 35.5. The van der Waals surface area contributed by atoms with Gasteiger partial charge >= 0.3 is 0 Å². The van der Waals surface area contributed by atoms with Gasteiger partial charge in [0.2, 0.25) is 0 Å². The number of benzene rings is 2. The van der Waals surface area contributed by atoms with Crippen molar-refractivity contribution < 1.29 is 4.79 Å². The molecule has 0 heterocycles. The van der Waals surface area contributed by atoms with Gasteiger partial charge in [-0.1, -0.05) is 42.3 Å². The van der Waals surface area contributed by atoms with Crippen molar-refractivity contribution in [3.63, 3.8) is 0 Å². The van der Waals surface area contributed by atoms with E-state index in [1.165, 1.54) is 0 Å². The van der Waals surface area contributed by atoms with Gasteiger partial charge in [0, 0.05) is 21.3 Å². The fourth-order valence-electron chi connectivity index (χ4n) is 2.13. The van der Waals surface area contributed by atoms with Gasteiger partial charge in [-0.15, -0.1) is 0 Å². The molecular weight excluding hydrogens is 307 g/mol. The summed E-state index contributed by atoms with van der Waals surface area (Å²) in [5.74, 6) is -0.212. The number of nitrogen functional groups attached to an aromatic ring is 1. The molecule has 1 atom stereocenters. The molecule has 0 radical (unpaired) electrons. The lowest BCUT2D eigenvalue weighted by Gasteiger charge is -2.18. The van der Waals surface area contributed by atoms with E-state index in [1.54, 1.807) is 24.3 Å². The molecule has 0 aromatic heterocycles. The molecule has 0 saturated heterocycles. The Balaban J connectivity index is 2.20. The lowest BCUT2D eigenvalue weighted by molar-refractivity contribution is 0.0935. The van der Waals surface area contributed by atoms with Gasteiger partial charge in [-0.2, -0.15) is 0 Å². The van der Waals surface area contributed by atoms with Gasteiger partial charge in [0.15, 0.2) is 0 Å². The topological polar surface area (TPSA) is 55.1 Å². The van der Waals surface area contributed by atoms with Crippen LogP contribution in [0.2, 0.25) is 10.0 Å². The van der Waals surface area contributed by atoms with Crippen LogP contribution in [0.25, 0.3) is 0 Å². The number of halogens is 2. The fraction of sp³-hybridized carbons (Fsp3) is 0.188. The van der Waals surface area contributed by atoms with Gasteiger partial charge < -0.3 is 11.1 Å². The molecule has 2 rings (SSSR count). The van der Waals surface area contributed by atoms with Crippen LogP contribution in [0.3, 0.4) is 0 Å². The predicted octanol–water partition coefficient (Wildman–Crippen LogP) is 4.46. The Hall–Kier alpha value is -1.71. The minimum Gasteiger partial charge on any atom is -0.399 e. The summed E-state index contributed by atoms with van der Waals surface area (Å²) in [5.41, 5.74) is 7.58. The third-order valence-corrected chi connectivity index (χ3v) is 3.60. The first kappa shape index (κ1) is 15.7. The van der Waals surface area contributed by atoms with Crippen molar-refractivity contribution >= 4 is 34.8 Å². The third kappa shape index (κ3) is 4.13. The molecule has 2 aromatic carbocycles. The van der Waals surface area contributed by atoms with Gasteiger partial charge in [-0.3, -0.25) is 4.79 Å². The van der Waals surface area contributed by atoms with E-state index >= 15 is 0 Å². The zero-order valence-corrected chi connectivity index (χ0v) is 13.1. The molecule has 1 amide bonds. The molecule has 0 aliphatic heterocycles. The number of carbonyl (C=O) groups is 1. The van der Waals surface area contributed by atoms with E-state index in [1.807, 2.05) is 25.1 Å². The normalized spacial score (nSPS) is 12.0. The van der Waals surface area contributed by atoms with Crippen LogP contribution in [0, 0.1) is 0 Å². The van der Waals surface area contributed by atoms with Crippen molar-refractivity contribution in [1.82, 2.24) is 5.32 Å². The maximum atomic E-state index is 12.3. The van der Waals surface area contributed by atoms with Gasteiger partial charge in [0.05, 0.1) is 6.04 Å². The molecule has 21 heavy (non-hydrogen) atoms. The Kier molecular flexibility index (Phi) is 5.10. The van der Waals surface area contributed by atoms with Crippen LogP contribution >= 0.6 is 23.2 Å². The Morgan fingerprint density at radius 3 is 2.57 bits per heavy atom. The largest absolute Gasteiger partial charge is 0.399 e. The maximum Gasteiger partial charge on any atom is 0.251 e. The summed E-state index contributed by atoms with van der Waals surface area (Å²) in [6, 6.07) is 12.1. The fourth-order valence-corrected chi connectivity index (χ4v) is 2.57. The summed E-state index contributed by atoms with van der Waals surface area (Å²) < 4.78 is 0. The third-order valence-electron chi connectivity index (χ3n) is 3.15. The second-order valence-electron chi connectivity index (χ2n) is 4.76. The molecule has 0 aliphatic carbocycles. The first-order valence-corrected chi connectivity index (χ1v) is 7.37. The lowest BCUT2D eigenvalue weighted by atomic mass is 10.0. The number of amides is 1. The van der Waals surface area contributed by atoms with Gasteiger partial charge in [0.25, 0.3) is 5.91 Å². The predicted molar refractivity (Wildman–Crippen MR) is 87.8 cm³/mol. The Labute approximate surface area is 134 Å². The van der Waals surface area contributed by atoms with E-state index in [0.29, 0.717) is 21.3 Å². The summed E-state index contributed by atoms with van der Waals surface area (Å²) in [4.78, 5) is 12.3. The first-order valence-electron chi connectivity index (χ1n) is 6.62. The molecule has 5 heteroatoms. The minimum absolute atomic E-state index is 0.114. The van der Waals surface area contributed by atoms with Crippen LogP contribution in [0.4, 0.5) is 5.69 Å². The standard InChI is InChI=1S/C16H16Cl2N2O/c1-2-15(10-4-3-5-12(17)6-10)20-16(21)11-7-13(18)9-14(19)8-11/h3-9,15H,2,19H2,1H3,(H,20,21). The minimum atomic E-state index is -0.212. The number of carbonyl (C=O) groups excluding carboxylic acids is 1. The summed E-state index contributed by atoms with van der Waals surface area (Å²) in [7, 11) is 0. The number of rotatable bonds is 4. The van der Waals surface area contributed by atoms with Crippen LogP contribution in [-0.4, -0.2) is 5.91 Å². The summed E-state index contributed by atoms with van der Waals surface area (Å²) >= 11 is 11.9. The van der Waals surface area contributed by atoms with E-state index in [-0.39, 0.29) is 11.9 Å². The summed E-state index contributed by atoms with van der Waals surface area (Å²) in [6.07, 6.45) is 0.752. The highest BCUT2D eigenvalue weighted by Crippen LogP contribution is 2.22. The van der Waals surface area contributed by atoms with Crippen LogP contribution < -0.4 is 11.1 Å². The van der Waals surface area contributed by atoms with Crippen LogP contribution in [-0.2, 0) is 0 Å². The molecular formula is C16H16Cl2N2O. The van der Waals surface area contributed by atoms with Gasteiger partial charge in [-0.25, -0.2) is 0 Å². The zero-order valence-electron chi connectivity index (χ0n) is 11.6. The number of anilines is 1. The Bertz CT molecular complexity index is 638. The summed E-state index contributed by atoms with van der Waals surface area (Å²) in [6.45, 7) is 2.00. The van der Waals surface area contributed by atoms with E-state index in [4.69, 9.17) is 28.9 Å². The molecule has 0 spiro atoms. The Morgan fingerprint density at radius 1 is 1.19 bits per heavy atom. The highest BCUT2D eigenvalue weighted by molar-refractivity contribution is 6.31. The van der Waals surface area contributed by atoms with Crippen molar-refractivity contribution in [1.29, 1.82) is 0 Å². The second-order valence-corrected chi connectivity index (χ2v) is 5.64. The van der Waals surface area contributed by atoms with Gasteiger partial charge in [0.1, 0.15) is 0 Å². The van der Waals surface area contributed by atoms with Crippen LogP contribution in [0.5, 0.6) is 0 Å². The molecule has 3 N–H and O–H groups in total. The SMILES string of the molecule is CCC(NC(=O)c1cc(N)cc(Cl)c1)c1cccc(Cl)c1. The average Bonchev–Trinajstić information content (AvgIpc) is 2.43. The van der Waals surface area contributed by atoms with E-state index in [9.17, 15) is 4.79 Å². The van der Waals surface area contributed by atoms with E-state index < -0.39 is 0 Å². The summed E-state index contributed by atoms with van der Waals surface area (Å²) in [5, 5.41) is 4.06. The van der Waals surface area contributed by atoms with Crippen molar-refractivity contribution in [2.75, 3.05) is 5.73 Å². The quantitative estimate of drug-likeness (QED) is 0.816. The number of hydrogen-bond acceptors (Lipinski definition) is 2. The first-order chi connectivity index (χ1) is 9.99. The molecule has 0 saturated carbocycles. The molecule has 3 nitrogen and oxygen atoms in total. The lowest BCUT2D eigenvalue weighted by Crippen LogP contribution is -2.28. The van der Waals surface area contributed by atoms with Crippen molar-refractivity contribution in [2.45, 2.75) is 19.4 Å². The van der Waals surface area contributed by atoms with Gasteiger partial charge in [-0.05, 0) is 42.3 Å². The smallest absolute Gasteiger partial charge is 0.251 e. The van der Waals surface area contributed by atoms with Crippen LogP contribution in [0.15, 0.2) is 42.5 Å². The number of nitrogens with two attached hydrogens (primary N) is 1. The molecule has 0 aliphatic rings. The van der Waals surface area contributed by atoms with Crippen molar-refractivity contribution in [3.05, 3.63) is 63.6 Å². The highest BCUT2D eigenvalue weighted by Gasteiger charge is 2.15. The van der Waals surface area contributed by atoms with Crippen molar-refractivity contribution in [3.8, 4) is 0 Å². The second kappa shape index (κ2) is 6.83. The molecule has 2 aromatic rings. The number of hydrogen-bond donors (Lipinski definition) is 2. The van der Waals surface area contributed by atoms with E-state index in [0.717, 1.165) is 12.0 Å². The number of nitrogens with one attached hydrogen (secondary N) is 1. The molecule has 1 unspecified atom stereocenters. The monoisotopic (exact) mass is 322 g/mol. The van der Waals surface area contributed by atoms with Crippen molar-refractivity contribution in [2.24, 2.45) is 0 Å².